The zero-order chi connectivity index (χ0) is 21.5. The maximum atomic E-state index is 12.6. The van der Waals surface area contributed by atoms with E-state index in [1.165, 1.54) is 0 Å². The monoisotopic (exact) mass is 425 g/mol. The Morgan fingerprint density at radius 2 is 2.10 bits per heavy atom. The van der Waals surface area contributed by atoms with Gasteiger partial charge in [-0.15, -0.1) is 10.2 Å². The van der Waals surface area contributed by atoms with E-state index >= 15 is 0 Å². The van der Waals surface area contributed by atoms with E-state index in [4.69, 9.17) is 4.74 Å². The molecule has 0 spiro atoms. The number of aliphatic hydroxyl groups excluding tert-OH is 1. The maximum Gasteiger partial charge on any atom is 0.243 e. The number of carbonyl (C=O) groups is 1. The van der Waals surface area contributed by atoms with E-state index in [9.17, 15) is 15.0 Å². The number of aliphatic hydroxyl groups is 1. The Labute approximate surface area is 180 Å². The van der Waals surface area contributed by atoms with E-state index in [0.717, 1.165) is 31.2 Å². The quantitative estimate of drug-likeness (QED) is 0.676. The minimum atomic E-state index is -0.375. The van der Waals surface area contributed by atoms with E-state index in [1.54, 1.807) is 11.0 Å². The van der Waals surface area contributed by atoms with Crippen LogP contribution in [0.15, 0.2) is 12.1 Å². The highest BCUT2D eigenvalue weighted by molar-refractivity contribution is 5.80. The number of ether oxygens (including phenoxy) is 1. The van der Waals surface area contributed by atoms with Crippen molar-refractivity contribution in [2.75, 3.05) is 25.0 Å². The van der Waals surface area contributed by atoms with Crippen molar-refractivity contribution in [3.05, 3.63) is 23.4 Å². The van der Waals surface area contributed by atoms with Gasteiger partial charge in [0.2, 0.25) is 11.9 Å². The van der Waals surface area contributed by atoms with E-state index in [-0.39, 0.29) is 29.7 Å². The number of β-amino-alcohol motifs (C(OH)–C–C–N with tert-alkyl or cyclic N) is 1. The largest absolute Gasteiger partial charge is 0.507 e. The first-order valence-electron chi connectivity index (χ1n) is 10.9. The zero-order valence-corrected chi connectivity index (χ0v) is 17.5. The standard InChI is InChI=1S/C22H27N5O4/c1-12-19(17-5-6-18-16(20(17)29)7-8-31-18)25-26-22(23-12)24-14-4-2-3-13(9-14)21(30)27-10-15(28)11-27/h5-6,13-15,28-29H,2-4,7-11H2,1H3,(H,23,24,26)/t13-,14+/m0/s1. The van der Waals surface area contributed by atoms with E-state index < -0.39 is 0 Å². The summed E-state index contributed by atoms with van der Waals surface area (Å²) in [7, 11) is 0. The van der Waals surface area contributed by atoms with Gasteiger partial charge in [-0.3, -0.25) is 4.79 Å². The second-order valence-corrected chi connectivity index (χ2v) is 8.71. The molecule has 2 aromatic rings. The number of nitrogens with one attached hydrogen (secondary N) is 1. The van der Waals surface area contributed by atoms with Crippen LogP contribution in [-0.2, 0) is 11.2 Å². The summed E-state index contributed by atoms with van der Waals surface area (Å²) in [6.07, 6.45) is 3.80. The molecule has 31 heavy (non-hydrogen) atoms. The molecular weight excluding hydrogens is 398 g/mol. The summed E-state index contributed by atoms with van der Waals surface area (Å²) in [5, 5.41) is 32.0. The predicted octanol–water partition coefficient (Wildman–Crippen LogP) is 1.66. The number of aromatic hydroxyl groups is 1. The lowest BCUT2D eigenvalue weighted by Crippen LogP contribution is -2.55. The molecule has 1 aliphatic carbocycles. The molecule has 9 heteroatoms. The van der Waals surface area contributed by atoms with E-state index in [2.05, 4.69) is 20.5 Å². The second kappa shape index (κ2) is 7.96. The van der Waals surface area contributed by atoms with E-state index in [1.807, 2.05) is 13.0 Å². The summed E-state index contributed by atoms with van der Waals surface area (Å²) < 4.78 is 5.50. The molecule has 1 aromatic heterocycles. The van der Waals surface area contributed by atoms with Gasteiger partial charge in [0, 0.05) is 42.6 Å². The van der Waals surface area contributed by atoms with Crippen molar-refractivity contribution in [2.24, 2.45) is 5.92 Å². The number of aryl methyl sites for hydroxylation is 1. The van der Waals surface area contributed by atoms with Gasteiger partial charge in [-0.25, -0.2) is 4.98 Å². The molecule has 2 atom stereocenters. The topological polar surface area (TPSA) is 121 Å². The summed E-state index contributed by atoms with van der Waals surface area (Å²) in [6.45, 7) is 3.31. The molecule has 1 saturated heterocycles. The number of amides is 1. The van der Waals surface area contributed by atoms with Crippen molar-refractivity contribution >= 4 is 11.9 Å². The Bertz CT molecular complexity index is 1010. The Morgan fingerprint density at radius 3 is 2.87 bits per heavy atom. The van der Waals surface area contributed by atoms with Gasteiger partial charge in [-0.1, -0.05) is 6.42 Å². The fraction of sp³-hybridized carbons (Fsp3) is 0.545. The van der Waals surface area contributed by atoms with Crippen LogP contribution in [-0.4, -0.2) is 68.0 Å². The Kier molecular flexibility index (Phi) is 5.13. The number of hydrogen-bond acceptors (Lipinski definition) is 8. The summed E-state index contributed by atoms with van der Waals surface area (Å²) >= 11 is 0. The first kappa shape index (κ1) is 20.0. The van der Waals surface area contributed by atoms with Gasteiger partial charge < -0.3 is 25.2 Å². The number of hydrogen-bond donors (Lipinski definition) is 3. The first-order chi connectivity index (χ1) is 15.0. The highest BCUT2D eigenvalue weighted by Gasteiger charge is 2.36. The van der Waals surface area contributed by atoms with Crippen LogP contribution in [0.2, 0.25) is 0 Å². The van der Waals surface area contributed by atoms with Gasteiger partial charge in [0.05, 0.1) is 18.4 Å². The molecule has 1 saturated carbocycles. The molecule has 3 N–H and O–H groups in total. The minimum Gasteiger partial charge on any atom is -0.507 e. The number of carbonyl (C=O) groups excluding carboxylic acids is 1. The van der Waals surface area contributed by atoms with Crippen molar-refractivity contribution in [3.63, 3.8) is 0 Å². The highest BCUT2D eigenvalue weighted by Crippen LogP contribution is 2.40. The van der Waals surface area contributed by atoms with Crippen LogP contribution in [0.1, 0.15) is 36.9 Å². The number of rotatable bonds is 4. The van der Waals surface area contributed by atoms with E-state index in [0.29, 0.717) is 54.8 Å². The summed E-state index contributed by atoms with van der Waals surface area (Å²) in [5.41, 5.74) is 2.62. The molecule has 2 fully saturated rings. The number of fused-ring (bicyclic) bond motifs is 1. The number of phenolic OH excluding ortho intramolecular Hbond substituents is 1. The normalized spacial score (nSPS) is 23.1. The molecule has 5 rings (SSSR count). The molecular formula is C22H27N5O4. The average molecular weight is 425 g/mol. The zero-order valence-electron chi connectivity index (χ0n) is 17.5. The van der Waals surface area contributed by atoms with Crippen molar-refractivity contribution in [1.29, 1.82) is 0 Å². The predicted molar refractivity (Wildman–Crippen MR) is 113 cm³/mol. The van der Waals surface area contributed by atoms with Gasteiger partial charge in [-0.2, -0.15) is 0 Å². The van der Waals surface area contributed by atoms with Crippen molar-refractivity contribution in [1.82, 2.24) is 20.1 Å². The Morgan fingerprint density at radius 1 is 1.26 bits per heavy atom. The van der Waals surface area contributed by atoms with Gasteiger partial charge in [0.1, 0.15) is 17.2 Å². The third-order valence-corrected chi connectivity index (χ3v) is 6.50. The van der Waals surface area contributed by atoms with Crippen LogP contribution in [0.3, 0.4) is 0 Å². The molecule has 3 aliphatic rings. The minimum absolute atomic E-state index is 0.0299. The molecule has 2 aliphatic heterocycles. The Balaban J connectivity index is 1.28. The SMILES string of the molecule is Cc1nc(N[C@@H]2CCC[C@H](C(=O)N3CC(O)C3)C2)nnc1-c1ccc2c(c1O)CCO2. The summed E-state index contributed by atoms with van der Waals surface area (Å²) in [4.78, 5) is 18.9. The summed E-state index contributed by atoms with van der Waals surface area (Å²) in [6, 6.07) is 3.74. The van der Waals surface area contributed by atoms with Gasteiger partial charge in [0.25, 0.3) is 0 Å². The van der Waals surface area contributed by atoms with Gasteiger partial charge in [-0.05, 0) is 38.3 Å². The number of nitrogens with zero attached hydrogens (tertiary/aromatic N) is 4. The number of aromatic nitrogens is 3. The fourth-order valence-corrected chi connectivity index (χ4v) is 4.78. The van der Waals surface area contributed by atoms with Crippen LogP contribution < -0.4 is 10.1 Å². The first-order valence-corrected chi connectivity index (χ1v) is 10.9. The smallest absolute Gasteiger partial charge is 0.243 e. The summed E-state index contributed by atoms with van der Waals surface area (Å²) in [5.74, 6) is 1.44. The lowest BCUT2D eigenvalue weighted by Gasteiger charge is -2.40. The molecule has 0 radical (unpaired) electrons. The lowest BCUT2D eigenvalue weighted by molar-refractivity contribution is -0.146. The second-order valence-electron chi connectivity index (χ2n) is 8.71. The van der Waals surface area contributed by atoms with Crippen LogP contribution in [0.25, 0.3) is 11.3 Å². The van der Waals surface area contributed by atoms with Gasteiger partial charge >= 0.3 is 0 Å². The van der Waals surface area contributed by atoms with Gasteiger partial charge in [0.15, 0.2) is 0 Å². The van der Waals surface area contributed by atoms with Crippen LogP contribution in [0.5, 0.6) is 11.5 Å². The average Bonchev–Trinajstić information content (AvgIpc) is 3.22. The lowest BCUT2D eigenvalue weighted by atomic mass is 9.84. The third-order valence-electron chi connectivity index (χ3n) is 6.50. The molecule has 3 heterocycles. The number of benzene rings is 1. The number of anilines is 1. The number of phenols is 1. The molecule has 9 nitrogen and oxygen atoms in total. The highest BCUT2D eigenvalue weighted by atomic mass is 16.5. The molecule has 0 unspecified atom stereocenters. The maximum absolute atomic E-state index is 12.6. The molecule has 164 valence electrons. The third kappa shape index (κ3) is 3.78. The molecule has 1 amide bonds. The Hall–Kier alpha value is -2.94. The fourth-order valence-electron chi connectivity index (χ4n) is 4.78. The van der Waals surface area contributed by atoms with Crippen LogP contribution >= 0.6 is 0 Å². The number of likely N-dealkylation sites (tertiary alicyclic amines) is 1. The molecule has 0 bridgehead atoms. The van der Waals surface area contributed by atoms with Crippen LogP contribution in [0, 0.1) is 12.8 Å². The van der Waals surface area contributed by atoms with Crippen molar-refractivity contribution < 1.29 is 19.7 Å². The molecule has 1 aromatic carbocycles. The van der Waals surface area contributed by atoms with Crippen LogP contribution in [0.4, 0.5) is 5.95 Å². The van der Waals surface area contributed by atoms with Crippen molar-refractivity contribution in [2.45, 2.75) is 51.2 Å². The van der Waals surface area contributed by atoms with Crippen molar-refractivity contribution in [3.8, 4) is 22.8 Å².